The standard InChI is InChI=1S/C20H29NO3/c1-2-24-20-9-14-5-3-4-13(14)6-17(20)12-21-10-15-7-18(22)19(23)8-16(15)11-21/h6,9,15-16,18-19,22-23H,2-5,7-8,10-12H2,1H3/t15-,16+,18+,19-. The van der Waals surface area contributed by atoms with Crippen LogP contribution in [-0.4, -0.2) is 47.0 Å². The number of aliphatic hydroxyl groups is 2. The average molecular weight is 331 g/mol. The predicted octanol–water partition coefficient (Wildman–Crippen LogP) is 2.14. The summed E-state index contributed by atoms with van der Waals surface area (Å²) in [5.41, 5.74) is 4.26. The summed E-state index contributed by atoms with van der Waals surface area (Å²) in [6.45, 7) is 5.72. The number of aliphatic hydroxyl groups excluding tert-OH is 2. The molecule has 0 aromatic heterocycles. The van der Waals surface area contributed by atoms with Gasteiger partial charge >= 0.3 is 0 Å². The third-order valence-electron chi connectivity index (χ3n) is 6.15. The van der Waals surface area contributed by atoms with Gasteiger partial charge in [-0.25, -0.2) is 0 Å². The van der Waals surface area contributed by atoms with Gasteiger partial charge in [-0.3, -0.25) is 4.90 Å². The van der Waals surface area contributed by atoms with Gasteiger partial charge in [-0.1, -0.05) is 6.07 Å². The van der Waals surface area contributed by atoms with Crippen LogP contribution in [0.15, 0.2) is 12.1 Å². The minimum atomic E-state index is -0.537. The average Bonchev–Trinajstić information content (AvgIpc) is 3.14. The molecule has 132 valence electrons. The molecule has 1 heterocycles. The zero-order valence-corrected chi connectivity index (χ0v) is 14.6. The van der Waals surface area contributed by atoms with Gasteiger partial charge in [0, 0.05) is 25.2 Å². The molecule has 1 aromatic rings. The molecule has 24 heavy (non-hydrogen) atoms. The van der Waals surface area contributed by atoms with E-state index in [1.807, 2.05) is 6.92 Å². The first-order valence-corrected chi connectivity index (χ1v) is 9.50. The Morgan fingerprint density at radius 3 is 2.29 bits per heavy atom. The Balaban J connectivity index is 1.49. The molecular formula is C20H29NO3. The number of nitrogens with zero attached hydrogens (tertiary/aromatic N) is 1. The van der Waals surface area contributed by atoms with Crippen LogP contribution < -0.4 is 4.74 Å². The van der Waals surface area contributed by atoms with Crippen molar-refractivity contribution >= 4 is 0 Å². The summed E-state index contributed by atoms with van der Waals surface area (Å²) in [7, 11) is 0. The number of fused-ring (bicyclic) bond motifs is 2. The second kappa shape index (κ2) is 6.66. The van der Waals surface area contributed by atoms with Crippen molar-refractivity contribution in [1.82, 2.24) is 4.90 Å². The van der Waals surface area contributed by atoms with Gasteiger partial charge in [0.25, 0.3) is 0 Å². The molecule has 2 fully saturated rings. The fourth-order valence-corrected chi connectivity index (χ4v) is 4.94. The molecule has 4 heteroatoms. The van der Waals surface area contributed by atoms with Gasteiger partial charge in [0.05, 0.1) is 18.8 Å². The monoisotopic (exact) mass is 331 g/mol. The van der Waals surface area contributed by atoms with Crippen molar-refractivity contribution in [2.75, 3.05) is 19.7 Å². The van der Waals surface area contributed by atoms with Crippen LogP contribution in [0.25, 0.3) is 0 Å². The number of rotatable bonds is 4. The number of aryl methyl sites for hydroxylation is 2. The molecule has 3 aliphatic rings. The van der Waals surface area contributed by atoms with Crippen LogP contribution in [0.5, 0.6) is 5.75 Å². The van der Waals surface area contributed by atoms with Crippen LogP contribution in [0.1, 0.15) is 42.9 Å². The fraction of sp³-hybridized carbons (Fsp3) is 0.700. The summed E-state index contributed by atoms with van der Waals surface area (Å²) in [5, 5.41) is 19.9. The van der Waals surface area contributed by atoms with E-state index in [9.17, 15) is 10.2 Å². The van der Waals surface area contributed by atoms with E-state index >= 15 is 0 Å². The number of likely N-dealkylation sites (tertiary alicyclic amines) is 1. The van der Waals surface area contributed by atoms with E-state index in [1.165, 1.54) is 36.0 Å². The third-order valence-corrected chi connectivity index (χ3v) is 6.15. The van der Waals surface area contributed by atoms with Crippen LogP contribution in [0.2, 0.25) is 0 Å². The lowest BCUT2D eigenvalue weighted by Crippen LogP contribution is -2.38. The minimum absolute atomic E-state index is 0.522. The van der Waals surface area contributed by atoms with Crippen LogP contribution in [0, 0.1) is 11.8 Å². The highest BCUT2D eigenvalue weighted by molar-refractivity contribution is 5.45. The molecule has 1 aliphatic heterocycles. The van der Waals surface area contributed by atoms with Crippen molar-refractivity contribution in [1.29, 1.82) is 0 Å². The molecular weight excluding hydrogens is 302 g/mol. The molecule has 4 atom stereocenters. The second-order valence-electron chi connectivity index (χ2n) is 7.84. The molecule has 4 rings (SSSR count). The topological polar surface area (TPSA) is 52.9 Å². The van der Waals surface area contributed by atoms with Crippen LogP contribution in [0.3, 0.4) is 0 Å². The van der Waals surface area contributed by atoms with Gasteiger partial charge in [-0.2, -0.15) is 0 Å². The lowest BCUT2D eigenvalue weighted by atomic mass is 9.79. The Hall–Kier alpha value is -1.10. The van der Waals surface area contributed by atoms with Gasteiger partial charge in [-0.15, -0.1) is 0 Å². The molecule has 2 N–H and O–H groups in total. The first-order valence-electron chi connectivity index (χ1n) is 9.50. The maximum Gasteiger partial charge on any atom is 0.124 e. The number of hydrogen-bond donors (Lipinski definition) is 2. The summed E-state index contributed by atoms with van der Waals surface area (Å²) in [5.74, 6) is 2.09. The second-order valence-corrected chi connectivity index (χ2v) is 7.84. The first-order chi connectivity index (χ1) is 11.6. The molecule has 0 unspecified atom stereocenters. The van der Waals surface area contributed by atoms with Gasteiger partial charge in [-0.05, 0) is 68.1 Å². The van der Waals surface area contributed by atoms with E-state index < -0.39 is 12.2 Å². The maximum absolute atomic E-state index is 9.93. The van der Waals surface area contributed by atoms with E-state index in [1.54, 1.807) is 0 Å². The molecule has 1 saturated carbocycles. The minimum Gasteiger partial charge on any atom is -0.494 e. The highest BCUT2D eigenvalue weighted by Gasteiger charge is 2.41. The fourth-order valence-electron chi connectivity index (χ4n) is 4.94. The Labute approximate surface area is 144 Å². The highest BCUT2D eigenvalue weighted by Crippen LogP contribution is 2.38. The van der Waals surface area contributed by atoms with Gasteiger partial charge in [0.1, 0.15) is 5.75 Å². The van der Waals surface area contributed by atoms with E-state index in [4.69, 9.17) is 4.74 Å². The summed E-state index contributed by atoms with van der Waals surface area (Å²) in [4.78, 5) is 2.49. The molecule has 0 bridgehead atoms. The van der Waals surface area contributed by atoms with Gasteiger partial charge in [0.2, 0.25) is 0 Å². The lowest BCUT2D eigenvalue weighted by Gasteiger charge is -2.32. The van der Waals surface area contributed by atoms with E-state index in [-0.39, 0.29) is 0 Å². The SMILES string of the molecule is CCOc1cc2c(cc1CN1C[C@H]3C[C@H](O)[C@H](O)C[C@H]3C1)CCC2. The molecule has 1 aromatic carbocycles. The Kier molecular flexibility index (Phi) is 4.54. The van der Waals surface area contributed by atoms with Crippen molar-refractivity contribution in [3.8, 4) is 5.75 Å². The van der Waals surface area contributed by atoms with Crippen LogP contribution in [-0.2, 0) is 19.4 Å². The summed E-state index contributed by atoms with van der Waals surface area (Å²) >= 11 is 0. The van der Waals surface area contributed by atoms with Crippen molar-refractivity contribution in [3.63, 3.8) is 0 Å². The van der Waals surface area contributed by atoms with Crippen molar-refractivity contribution in [2.45, 2.75) is 57.8 Å². The number of benzene rings is 1. The third kappa shape index (κ3) is 3.07. The smallest absolute Gasteiger partial charge is 0.124 e. The zero-order valence-electron chi connectivity index (χ0n) is 14.6. The number of ether oxygens (including phenoxy) is 1. The van der Waals surface area contributed by atoms with Crippen LogP contribution >= 0.6 is 0 Å². The summed E-state index contributed by atoms with van der Waals surface area (Å²) in [6, 6.07) is 4.62. The van der Waals surface area contributed by atoms with Crippen molar-refractivity contribution < 1.29 is 14.9 Å². The van der Waals surface area contributed by atoms with Crippen LogP contribution in [0.4, 0.5) is 0 Å². The molecule has 0 amide bonds. The van der Waals surface area contributed by atoms with Gasteiger partial charge < -0.3 is 14.9 Å². The van der Waals surface area contributed by atoms with E-state index in [2.05, 4.69) is 17.0 Å². The largest absolute Gasteiger partial charge is 0.494 e. The highest BCUT2D eigenvalue weighted by atomic mass is 16.5. The maximum atomic E-state index is 9.93. The Morgan fingerprint density at radius 1 is 1.04 bits per heavy atom. The summed E-state index contributed by atoms with van der Waals surface area (Å²) < 4.78 is 5.92. The molecule has 4 nitrogen and oxygen atoms in total. The summed E-state index contributed by atoms with van der Waals surface area (Å²) in [6.07, 6.45) is 4.04. The number of hydrogen-bond acceptors (Lipinski definition) is 4. The molecule has 1 saturated heterocycles. The predicted molar refractivity (Wildman–Crippen MR) is 93.1 cm³/mol. The first kappa shape index (κ1) is 16.4. The van der Waals surface area contributed by atoms with Gasteiger partial charge in [0.15, 0.2) is 0 Å². The Bertz CT molecular complexity index is 585. The van der Waals surface area contributed by atoms with E-state index in [0.29, 0.717) is 18.4 Å². The zero-order chi connectivity index (χ0) is 16.7. The van der Waals surface area contributed by atoms with E-state index in [0.717, 1.165) is 38.2 Å². The molecule has 0 spiro atoms. The van der Waals surface area contributed by atoms with Crippen molar-refractivity contribution in [3.05, 3.63) is 28.8 Å². The van der Waals surface area contributed by atoms with Crippen molar-refractivity contribution in [2.24, 2.45) is 11.8 Å². The lowest BCUT2D eigenvalue weighted by molar-refractivity contribution is -0.0372. The molecule has 0 radical (unpaired) electrons. The quantitative estimate of drug-likeness (QED) is 0.887. The Morgan fingerprint density at radius 2 is 1.67 bits per heavy atom. The molecule has 2 aliphatic carbocycles. The normalized spacial score (nSPS) is 32.6.